The normalized spacial score (nSPS) is 13.2. The molecular weight excluding hydrogens is 442 g/mol. The van der Waals surface area contributed by atoms with Crippen LogP contribution in [0.1, 0.15) is 28.1 Å². The highest BCUT2D eigenvalue weighted by Gasteiger charge is 2.35. The van der Waals surface area contributed by atoms with Gasteiger partial charge in [0.15, 0.2) is 0 Å². The zero-order chi connectivity index (χ0) is 22.1. The van der Waals surface area contributed by atoms with Gasteiger partial charge in [0.25, 0.3) is 5.91 Å². The summed E-state index contributed by atoms with van der Waals surface area (Å²) in [6.45, 7) is 0.433. The Balaban J connectivity index is 1.56. The minimum absolute atomic E-state index is 0.0582. The first-order valence-corrected chi connectivity index (χ1v) is 11.7. The van der Waals surface area contributed by atoms with Crippen LogP contribution >= 0.6 is 22.9 Å². The molecule has 2 heterocycles. The van der Waals surface area contributed by atoms with Gasteiger partial charge in [0.05, 0.1) is 17.0 Å². The number of halogens is 1. The largest absolute Gasteiger partial charge is 0.439 e. The molecule has 162 valence electrons. The van der Waals surface area contributed by atoms with Crippen LogP contribution in [0.25, 0.3) is 11.3 Å². The maximum Gasteiger partial charge on any atom is 0.264 e. The van der Waals surface area contributed by atoms with Gasteiger partial charge in [0.2, 0.25) is 5.88 Å². The molecular formula is C25H22ClN3O2S. The molecule has 1 amide bonds. The number of aryl methyl sites for hydroxylation is 1. The molecule has 1 saturated carbocycles. The molecule has 1 fully saturated rings. The van der Waals surface area contributed by atoms with Gasteiger partial charge >= 0.3 is 0 Å². The maximum atomic E-state index is 13.3. The van der Waals surface area contributed by atoms with Gasteiger partial charge in [-0.15, -0.1) is 11.3 Å². The van der Waals surface area contributed by atoms with Crippen LogP contribution in [0.4, 0.5) is 0 Å². The fourth-order valence-corrected chi connectivity index (χ4v) is 4.53. The van der Waals surface area contributed by atoms with E-state index in [1.165, 1.54) is 11.3 Å². The topological polar surface area (TPSA) is 47.4 Å². The van der Waals surface area contributed by atoms with Gasteiger partial charge in [-0.2, -0.15) is 5.10 Å². The number of rotatable bonds is 7. The Labute approximate surface area is 195 Å². The molecule has 0 spiro atoms. The van der Waals surface area contributed by atoms with E-state index in [9.17, 15) is 4.79 Å². The van der Waals surface area contributed by atoms with Crippen molar-refractivity contribution in [3.63, 3.8) is 0 Å². The molecule has 0 atom stereocenters. The van der Waals surface area contributed by atoms with Crippen molar-refractivity contribution in [2.75, 3.05) is 0 Å². The van der Waals surface area contributed by atoms with Crippen molar-refractivity contribution in [2.24, 2.45) is 7.05 Å². The number of amides is 1. The van der Waals surface area contributed by atoms with Gasteiger partial charge in [0, 0.05) is 23.7 Å². The fraction of sp³-hybridized carbons (Fsp3) is 0.200. The summed E-state index contributed by atoms with van der Waals surface area (Å²) < 4.78 is 8.02. The molecule has 5 rings (SSSR count). The van der Waals surface area contributed by atoms with E-state index in [1.807, 2.05) is 71.9 Å². The molecule has 0 radical (unpaired) electrons. The van der Waals surface area contributed by atoms with Crippen LogP contribution in [0.3, 0.4) is 0 Å². The van der Waals surface area contributed by atoms with Crippen LogP contribution in [-0.4, -0.2) is 26.6 Å². The maximum absolute atomic E-state index is 13.3. The minimum atomic E-state index is 0.0582. The first kappa shape index (κ1) is 20.8. The number of aromatic nitrogens is 2. The number of hydrogen-bond acceptors (Lipinski definition) is 4. The second-order valence-corrected chi connectivity index (χ2v) is 9.20. The molecule has 0 saturated heterocycles. The van der Waals surface area contributed by atoms with Crippen LogP contribution in [0.15, 0.2) is 72.1 Å². The van der Waals surface area contributed by atoms with Crippen molar-refractivity contribution in [2.45, 2.75) is 25.4 Å². The molecule has 32 heavy (non-hydrogen) atoms. The summed E-state index contributed by atoms with van der Waals surface area (Å²) in [6, 6.07) is 21.3. The lowest BCUT2D eigenvalue weighted by molar-refractivity contribution is 0.0734. The third-order valence-electron chi connectivity index (χ3n) is 5.47. The average Bonchev–Trinajstić information content (AvgIpc) is 3.40. The predicted molar refractivity (Wildman–Crippen MR) is 127 cm³/mol. The Morgan fingerprint density at radius 2 is 1.88 bits per heavy atom. The number of carbonyl (C=O) groups is 1. The summed E-state index contributed by atoms with van der Waals surface area (Å²) in [6.07, 6.45) is 2.04. The van der Waals surface area contributed by atoms with Gasteiger partial charge in [-0.3, -0.25) is 4.79 Å². The quantitative estimate of drug-likeness (QED) is 0.318. The zero-order valence-corrected chi connectivity index (χ0v) is 19.1. The Bertz CT molecular complexity index is 1220. The van der Waals surface area contributed by atoms with Crippen molar-refractivity contribution in [1.82, 2.24) is 14.7 Å². The van der Waals surface area contributed by atoms with Crippen LogP contribution in [0.5, 0.6) is 11.6 Å². The first-order chi connectivity index (χ1) is 15.6. The molecule has 0 bridgehead atoms. The van der Waals surface area contributed by atoms with Crippen molar-refractivity contribution in [3.05, 3.63) is 87.6 Å². The Hall–Kier alpha value is -3.09. The number of ether oxygens (including phenoxy) is 1. The van der Waals surface area contributed by atoms with Crippen LogP contribution < -0.4 is 4.74 Å². The molecule has 1 aliphatic carbocycles. The van der Waals surface area contributed by atoms with Crippen LogP contribution in [0.2, 0.25) is 5.02 Å². The van der Waals surface area contributed by atoms with E-state index in [0.717, 1.165) is 34.5 Å². The zero-order valence-electron chi connectivity index (χ0n) is 17.6. The van der Waals surface area contributed by atoms with Crippen molar-refractivity contribution in [1.29, 1.82) is 0 Å². The lowest BCUT2D eigenvalue weighted by Gasteiger charge is -2.22. The summed E-state index contributed by atoms with van der Waals surface area (Å²) in [5.74, 6) is 1.35. The van der Waals surface area contributed by atoms with Gasteiger partial charge in [-0.1, -0.05) is 48.0 Å². The summed E-state index contributed by atoms with van der Waals surface area (Å²) in [5, 5.41) is 7.36. The summed E-state index contributed by atoms with van der Waals surface area (Å²) >= 11 is 7.51. The molecule has 2 aromatic heterocycles. The standard InChI is InChI=1S/C25H22ClN3O2S/c1-28-25(31-20-13-9-18(26)10-14-20)21(23(27-28)17-6-3-2-4-7-17)16-29(19-11-12-19)24(30)22-8-5-15-32-22/h2-10,13-15,19H,11-12,16H2,1H3. The summed E-state index contributed by atoms with van der Waals surface area (Å²) in [5.41, 5.74) is 2.70. The van der Waals surface area contributed by atoms with E-state index >= 15 is 0 Å². The number of hydrogen-bond donors (Lipinski definition) is 0. The van der Waals surface area contributed by atoms with Crippen molar-refractivity contribution < 1.29 is 9.53 Å². The van der Waals surface area contributed by atoms with E-state index in [2.05, 4.69) is 0 Å². The summed E-state index contributed by atoms with van der Waals surface area (Å²) in [7, 11) is 1.86. The van der Waals surface area contributed by atoms with Gasteiger partial charge < -0.3 is 9.64 Å². The second-order valence-electron chi connectivity index (χ2n) is 7.82. The molecule has 1 aliphatic rings. The van der Waals surface area contributed by atoms with Crippen molar-refractivity contribution >= 4 is 28.8 Å². The summed E-state index contributed by atoms with van der Waals surface area (Å²) in [4.78, 5) is 16.0. The van der Waals surface area contributed by atoms with Crippen molar-refractivity contribution in [3.8, 4) is 22.9 Å². The molecule has 0 unspecified atom stereocenters. The number of thiophene rings is 1. The number of benzene rings is 2. The van der Waals surface area contributed by atoms with Gasteiger partial charge in [-0.25, -0.2) is 4.68 Å². The molecule has 0 aliphatic heterocycles. The Kier molecular flexibility index (Phi) is 5.72. The van der Waals surface area contributed by atoms with E-state index in [-0.39, 0.29) is 11.9 Å². The smallest absolute Gasteiger partial charge is 0.264 e. The minimum Gasteiger partial charge on any atom is -0.439 e. The molecule has 0 N–H and O–H groups in total. The number of nitrogens with zero attached hydrogens (tertiary/aromatic N) is 3. The molecule has 7 heteroatoms. The van der Waals surface area contributed by atoms with E-state index in [4.69, 9.17) is 21.4 Å². The Morgan fingerprint density at radius 1 is 1.12 bits per heavy atom. The highest BCUT2D eigenvalue weighted by Crippen LogP contribution is 2.38. The first-order valence-electron chi connectivity index (χ1n) is 10.5. The van der Waals surface area contributed by atoms with Gasteiger partial charge in [0.1, 0.15) is 11.4 Å². The lowest BCUT2D eigenvalue weighted by Crippen LogP contribution is -2.32. The SMILES string of the molecule is Cn1nc(-c2ccccc2)c(CN(C(=O)c2cccs2)C2CC2)c1Oc1ccc(Cl)cc1. The van der Waals surface area contributed by atoms with E-state index < -0.39 is 0 Å². The molecule has 5 nitrogen and oxygen atoms in total. The predicted octanol–water partition coefficient (Wildman–Crippen LogP) is 6.40. The lowest BCUT2D eigenvalue weighted by atomic mass is 10.1. The monoisotopic (exact) mass is 463 g/mol. The van der Waals surface area contributed by atoms with Crippen LogP contribution in [0, 0.1) is 0 Å². The third kappa shape index (κ3) is 4.29. The van der Waals surface area contributed by atoms with E-state index in [1.54, 1.807) is 16.8 Å². The number of carbonyl (C=O) groups excluding carboxylic acids is 1. The Morgan fingerprint density at radius 3 is 2.53 bits per heavy atom. The van der Waals surface area contributed by atoms with E-state index in [0.29, 0.717) is 23.2 Å². The highest BCUT2D eigenvalue weighted by molar-refractivity contribution is 7.12. The van der Waals surface area contributed by atoms with Gasteiger partial charge in [-0.05, 0) is 48.6 Å². The highest BCUT2D eigenvalue weighted by atomic mass is 35.5. The second kappa shape index (κ2) is 8.81. The molecule has 2 aromatic carbocycles. The fourth-order valence-electron chi connectivity index (χ4n) is 3.73. The molecule has 4 aromatic rings. The average molecular weight is 464 g/mol. The van der Waals surface area contributed by atoms with Crippen LogP contribution in [-0.2, 0) is 13.6 Å². The third-order valence-corrected chi connectivity index (χ3v) is 6.58.